The Morgan fingerprint density at radius 1 is 0.947 bits per heavy atom. The van der Waals surface area contributed by atoms with Crippen LogP contribution in [0.1, 0.15) is 64.7 Å². The van der Waals surface area contributed by atoms with Crippen molar-refractivity contribution >= 4 is 0 Å². The van der Waals surface area contributed by atoms with E-state index in [9.17, 15) is 0 Å². The van der Waals surface area contributed by atoms with Gasteiger partial charge in [-0.3, -0.25) is 4.90 Å². The van der Waals surface area contributed by atoms with Gasteiger partial charge in [0, 0.05) is 25.2 Å². The fraction of sp³-hybridized carbons (Fsp3) is 1.00. The Kier molecular flexibility index (Phi) is 4.81. The molecule has 2 saturated carbocycles. The molecule has 3 aliphatic rings. The van der Waals surface area contributed by atoms with Crippen molar-refractivity contribution in [1.29, 1.82) is 0 Å². The van der Waals surface area contributed by atoms with Crippen LogP contribution in [0.3, 0.4) is 0 Å². The molecule has 1 aliphatic heterocycles. The molecular formula is C17H32N2. The predicted octanol–water partition coefficient (Wildman–Crippen LogP) is 3.42. The second-order valence-electron chi connectivity index (χ2n) is 7.35. The largest absolute Gasteiger partial charge is 0.312 e. The Labute approximate surface area is 119 Å². The molecule has 0 spiro atoms. The average Bonchev–Trinajstić information content (AvgIpc) is 2.57. The molecule has 2 unspecified atom stereocenters. The second-order valence-corrected chi connectivity index (χ2v) is 7.35. The quantitative estimate of drug-likeness (QED) is 0.840. The van der Waals surface area contributed by atoms with Crippen molar-refractivity contribution in [3.05, 3.63) is 0 Å². The van der Waals surface area contributed by atoms with E-state index in [0.29, 0.717) is 0 Å². The molecule has 3 fully saturated rings. The molecule has 0 radical (unpaired) electrons. The summed E-state index contributed by atoms with van der Waals surface area (Å²) in [6.45, 7) is 6.39. The highest BCUT2D eigenvalue weighted by atomic mass is 15.2. The van der Waals surface area contributed by atoms with Gasteiger partial charge in [0.25, 0.3) is 0 Å². The van der Waals surface area contributed by atoms with Crippen LogP contribution in [0.4, 0.5) is 0 Å². The van der Waals surface area contributed by atoms with Gasteiger partial charge in [-0.1, -0.05) is 25.7 Å². The number of hydrogen-bond acceptors (Lipinski definition) is 2. The second kappa shape index (κ2) is 6.58. The maximum absolute atomic E-state index is 3.88. The maximum Gasteiger partial charge on any atom is 0.0223 e. The molecule has 110 valence electrons. The molecule has 0 aromatic rings. The molecule has 0 bridgehead atoms. The number of nitrogens with zero attached hydrogens (tertiary/aromatic N) is 1. The van der Waals surface area contributed by atoms with Gasteiger partial charge < -0.3 is 5.32 Å². The third kappa shape index (κ3) is 3.52. The van der Waals surface area contributed by atoms with Gasteiger partial charge in [-0.15, -0.1) is 0 Å². The third-order valence-electron chi connectivity index (χ3n) is 5.96. The summed E-state index contributed by atoms with van der Waals surface area (Å²) in [4.78, 5) is 2.82. The fourth-order valence-electron chi connectivity index (χ4n) is 4.27. The SMILES string of the molecule is CC1CCNC(C2CCCCC2)CN1CC1CCC1. The summed E-state index contributed by atoms with van der Waals surface area (Å²) in [5, 5.41) is 3.88. The molecule has 3 rings (SSSR count). The number of hydrogen-bond donors (Lipinski definition) is 1. The van der Waals surface area contributed by atoms with Crippen molar-refractivity contribution in [2.24, 2.45) is 11.8 Å². The van der Waals surface area contributed by atoms with Crippen molar-refractivity contribution in [3.8, 4) is 0 Å². The smallest absolute Gasteiger partial charge is 0.0223 e. The molecule has 2 heteroatoms. The Hall–Kier alpha value is -0.0800. The van der Waals surface area contributed by atoms with Gasteiger partial charge in [-0.25, -0.2) is 0 Å². The molecule has 1 N–H and O–H groups in total. The normalized spacial score (nSPS) is 35.8. The lowest BCUT2D eigenvalue weighted by molar-refractivity contribution is 0.123. The van der Waals surface area contributed by atoms with Gasteiger partial charge in [-0.05, 0) is 57.4 Å². The zero-order valence-electron chi connectivity index (χ0n) is 12.7. The molecule has 2 atom stereocenters. The lowest BCUT2D eigenvalue weighted by atomic mass is 9.82. The van der Waals surface area contributed by atoms with Crippen LogP contribution in [0.25, 0.3) is 0 Å². The van der Waals surface area contributed by atoms with Gasteiger partial charge in [0.05, 0.1) is 0 Å². The van der Waals surface area contributed by atoms with Crippen molar-refractivity contribution in [3.63, 3.8) is 0 Å². The number of rotatable bonds is 3. The van der Waals surface area contributed by atoms with Crippen molar-refractivity contribution in [2.45, 2.75) is 76.8 Å². The van der Waals surface area contributed by atoms with Crippen molar-refractivity contribution in [2.75, 3.05) is 19.6 Å². The minimum atomic E-state index is 0.783. The van der Waals surface area contributed by atoms with Gasteiger partial charge >= 0.3 is 0 Å². The summed E-state index contributed by atoms with van der Waals surface area (Å²) >= 11 is 0. The first-order valence-electron chi connectivity index (χ1n) is 8.80. The van der Waals surface area contributed by atoms with E-state index in [0.717, 1.165) is 23.9 Å². The van der Waals surface area contributed by atoms with Gasteiger partial charge in [0.1, 0.15) is 0 Å². The first kappa shape index (κ1) is 13.9. The zero-order valence-corrected chi connectivity index (χ0v) is 12.7. The first-order valence-corrected chi connectivity index (χ1v) is 8.80. The molecule has 19 heavy (non-hydrogen) atoms. The van der Waals surface area contributed by atoms with E-state index in [-0.39, 0.29) is 0 Å². The molecule has 0 aromatic carbocycles. The summed E-state index contributed by atoms with van der Waals surface area (Å²) in [5.41, 5.74) is 0. The number of nitrogens with one attached hydrogen (secondary N) is 1. The minimum absolute atomic E-state index is 0.783. The summed E-state index contributed by atoms with van der Waals surface area (Å²) in [6, 6.07) is 1.58. The Morgan fingerprint density at radius 2 is 1.74 bits per heavy atom. The summed E-state index contributed by atoms with van der Waals surface area (Å²) in [7, 11) is 0. The minimum Gasteiger partial charge on any atom is -0.312 e. The first-order chi connectivity index (χ1) is 9.33. The monoisotopic (exact) mass is 264 g/mol. The molecule has 1 saturated heterocycles. The summed E-state index contributed by atoms with van der Waals surface area (Å²) < 4.78 is 0. The van der Waals surface area contributed by atoms with Crippen LogP contribution in [0.2, 0.25) is 0 Å². The topological polar surface area (TPSA) is 15.3 Å². The van der Waals surface area contributed by atoms with E-state index in [2.05, 4.69) is 17.1 Å². The molecule has 2 nitrogen and oxygen atoms in total. The standard InChI is InChI=1S/C17H32N2/c1-14-10-11-18-17(16-8-3-2-4-9-16)13-19(14)12-15-6-5-7-15/h14-18H,2-13H2,1H3. The zero-order chi connectivity index (χ0) is 13.1. The predicted molar refractivity (Wildman–Crippen MR) is 81.4 cm³/mol. The van der Waals surface area contributed by atoms with Crippen molar-refractivity contribution in [1.82, 2.24) is 10.2 Å². The van der Waals surface area contributed by atoms with Gasteiger partial charge in [0.2, 0.25) is 0 Å². The highest BCUT2D eigenvalue weighted by Crippen LogP contribution is 2.31. The highest BCUT2D eigenvalue weighted by molar-refractivity contribution is 4.88. The average molecular weight is 264 g/mol. The Morgan fingerprint density at radius 3 is 2.42 bits per heavy atom. The molecule has 0 aromatic heterocycles. The van der Waals surface area contributed by atoms with Gasteiger partial charge in [-0.2, -0.15) is 0 Å². The lowest BCUT2D eigenvalue weighted by Gasteiger charge is -2.38. The van der Waals surface area contributed by atoms with Crippen LogP contribution in [0, 0.1) is 11.8 Å². The maximum atomic E-state index is 3.88. The molecule has 0 amide bonds. The van der Waals surface area contributed by atoms with Crippen LogP contribution in [0.5, 0.6) is 0 Å². The van der Waals surface area contributed by atoms with Crippen LogP contribution in [-0.2, 0) is 0 Å². The summed E-state index contributed by atoms with van der Waals surface area (Å²) in [5.74, 6) is 1.98. The van der Waals surface area contributed by atoms with E-state index in [4.69, 9.17) is 0 Å². The lowest BCUT2D eigenvalue weighted by Crippen LogP contribution is -2.46. The van der Waals surface area contributed by atoms with Crippen LogP contribution < -0.4 is 5.32 Å². The summed E-state index contributed by atoms with van der Waals surface area (Å²) in [6.07, 6.45) is 13.2. The van der Waals surface area contributed by atoms with Gasteiger partial charge in [0.15, 0.2) is 0 Å². The van der Waals surface area contributed by atoms with E-state index >= 15 is 0 Å². The van der Waals surface area contributed by atoms with E-state index in [1.165, 1.54) is 77.4 Å². The van der Waals surface area contributed by atoms with E-state index in [1.54, 1.807) is 0 Å². The Balaban J connectivity index is 1.57. The molecular weight excluding hydrogens is 232 g/mol. The van der Waals surface area contributed by atoms with E-state index in [1.807, 2.05) is 0 Å². The Bertz CT molecular complexity index is 268. The fourth-order valence-corrected chi connectivity index (χ4v) is 4.27. The van der Waals surface area contributed by atoms with E-state index < -0.39 is 0 Å². The molecule has 1 heterocycles. The van der Waals surface area contributed by atoms with Crippen molar-refractivity contribution < 1.29 is 0 Å². The molecule has 2 aliphatic carbocycles. The highest BCUT2D eigenvalue weighted by Gasteiger charge is 2.31. The van der Waals surface area contributed by atoms with Crippen LogP contribution in [0.15, 0.2) is 0 Å². The van der Waals surface area contributed by atoms with Crippen LogP contribution in [-0.4, -0.2) is 36.6 Å². The van der Waals surface area contributed by atoms with Crippen LogP contribution >= 0.6 is 0 Å². The third-order valence-corrected chi connectivity index (χ3v) is 5.96.